The normalized spacial score (nSPS) is 10.7. The van der Waals surface area contributed by atoms with E-state index in [2.05, 4.69) is 35.1 Å². The lowest BCUT2D eigenvalue weighted by Crippen LogP contribution is -2.09. The Labute approximate surface area is 122 Å². The Bertz CT molecular complexity index is 421. The minimum atomic E-state index is -0.926. The number of halogens is 1. The summed E-state index contributed by atoms with van der Waals surface area (Å²) >= 11 is 3.30. The van der Waals surface area contributed by atoms with Crippen LogP contribution in [0.5, 0.6) is 0 Å². The zero-order valence-electron chi connectivity index (χ0n) is 11.3. The molecule has 1 rings (SSSR count). The number of carbonyl (C=O) groups is 1. The lowest BCUT2D eigenvalue weighted by molar-refractivity contribution is 0.0697. The molecule has 0 aromatic heterocycles. The van der Waals surface area contributed by atoms with Gasteiger partial charge in [-0.2, -0.15) is 0 Å². The Morgan fingerprint density at radius 1 is 1.42 bits per heavy atom. The number of anilines is 1. The molecule has 0 atom stereocenters. The Morgan fingerprint density at radius 3 is 2.79 bits per heavy atom. The molecule has 19 heavy (non-hydrogen) atoms. The van der Waals surface area contributed by atoms with E-state index >= 15 is 0 Å². The summed E-state index contributed by atoms with van der Waals surface area (Å²) in [4.78, 5) is 10.9. The van der Waals surface area contributed by atoms with Gasteiger partial charge < -0.3 is 15.2 Å². The van der Waals surface area contributed by atoms with Crippen molar-refractivity contribution in [1.29, 1.82) is 0 Å². The van der Waals surface area contributed by atoms with Crippen LogP contribution >= 0.6 is 15.9 Å². The van der Waals surface area contributed by atoms with E-state index in [1.807, 2.05) is 6.07 Å². The molecule has 0 aliphatic heterocycles. The van der Waals surface area contributed by atoms with Crippen molar-refractivity contribution in [2.24, 2.45) is 5.92 Å². The fraction of sp³-hybridized carbons (Fsp3) is 0.500. The third-order valence-electron chi connectivity index (χ3n) is 2.39. The number of hydrogen-bond donors (Lipinski definition) is 2. The van der Waals surface area contributed by atoms with Gasteiger partial charge in [-0.25, -0.2) is 4.79 Å². The van der Waals surface area contributed by atoms with Gasteiger partial charge in [0.15, 0.2) is 0 Å². The van der Waals surface area contributed by atoms with Crippen molar-refractivity contribution in [2.75, 3.05) is 25.1 Å². The number of rotatable bonds is 8. The maximum Gasteiger partial charge on any atom is 0.335 e. The summed E-state index contributed by atoms with van der Waals surface area (Å²) in [6.45, 7) is 6.49. The molecule has 0 fully saturated rings. The Hall–Kier alpha value is -1.07. The monoisotopic (exact) mass is 329 g/mol. The van der Waals surface area contributed by atoms with Crippen LogP contribution in [0.25, 0.3) is 0 Å². The first-order chi connectivity index (χ1) is 8.99. The highest BCUT2D eigenvalue weighted by molar-refractivity contribution is 9.10. The molecule has 2 N–H and O–H groups in total. The van der Waals surface area contributed by atoms with Gasteiger partial charge in [0.05, 0.1) is 5.56 Å². The van der Waals surface area contributed by atoms with Gasteiger partial charge in [-0.15, -0.1) is 0 Å². The summed E-state index contributed by atoms with van der Waals surface area (Å²) in [6, 6.07) is 5.07. The van der Waals surface area contributed by atoms with Gasteiger partial charge in [-0.1, -0.05) is 29.8 Å². The number of aromatic carboxylic acids is 1. The summed E-state index contributed by atoms with van der Waals surface area (Å²) in [5.41, 5.74) is 1.07. The summed E-state index contributed by atoms with van der Waals surface area (Å²) < 4.78 is 6.23. The predicted molar refractivity (Wildman–Crippen MR) is 79.9 cm³/mol. The first-order valence-electron chi connectivity index (χ1n) is 6.34. The lowest BCUT2D eigenvalue weighted by Gasteiger charge is -2.09. The zero-order valence-corrected chi connectivity index (χ0v) is 12.9. The Balaban J connectivity index is 2.35. The van der Waals surface area contributed by atoms with Gasteiger partial charge in [0, 0.05) is 29.9 Å². The molecule has 0 saturated heterocycles. The second-order valence-electron chi connectivity index (χ2n) is 4.78. The van der Waals surface area contributed by atoms with E-state index in [-0.39, 0.29) is 5.56 Å². The maximum atomic E-state index is 10.9. The van der Waals surface area contributed by atoms with E-state index in [0.29, 0.717) is 12.5 Å². The Kier molecular flexibility index (Phi) is 6.87. The van der Waals surface area contributed by atoms with Crippen LogP contribution in [0.4, 0.5) is 5.69 Å². The standard InChI is InChI=1S/C14H20BrNO3/c1-10(2)9-19-5-3-4-16-13-7-11(14(17)18)6-12(15)8-13/h6-8,10,16H,3-5,9H2,1-2H3,(H,17,18). The van der Waals surface area contributed by atoms with Crippen LogP contribution in [0.3, 0.4) is 0 Å². The van der Waals surface area contributed by atoms with E-state index < -0.39 is 5.97 Å². The minimum absolute atomic E-state index is 0.271. The highest BCUT2D eigenvalue weighted by Crippen LogP contribution is 2.19. The number of hydrogen-bond acceptors (Lipinski definition) is 3. The van der Waals surface area contributed by atoms with Crippen LogP contribution < -0.4 is 5.32 Å². The van der Waals surface area contributed by atoms with Gasteiger partial charge in [0.25, 0.3) is 0 Å². The first-order valence-corrected chi connectivity index (χ1v) is 7.14. The molecule has 0 spiro atoms. The van der Waals surface area contributed by atoms with E-state index in [0.717, 1.165) is 29.7 Å². The molecular formula is C14H20BrNO3. The summed E-state index contributed by atoms with van der Waals surface area (Å²) in [5.74, 6) is -0.374. The van der Waals surface area contributed by atoms with Gasteiger partial charge in [-0.3, -0.25) is 0 Å². The minimum Gasteiger partial charge on any atom is -0.478 e. The van der Waals surface area contributed by atoms with Gasteiger partial charge >= 0.3 is 5.97 Å². The number of ether oxygens (including phenoxy) is 1. The molecular weight excluding hydrogens is 310 g/mol. The zero-order chi connectivity index (χ0) is 14.3. The highest BCUT2D eigenvalue weighted by Gasteiger charge is 2.05. The molecule has 0 aliphatic rings. The second kappa shape index (κ2) is 8.17. The molecule has 106 valence electrons. The molecule has 5 heteroatoms. The molecule has 1 aromatic rings. The van der Waals surface area contributed by atoms with Gasteiger partial charge in [-0.05, 0) is 30.5 Å². The van der Waals surface area contributed by atoms with Crippen molar-refractivity contribution in [1.82, 2.24) is 0 Å². The molecule has 0 bridgehead atoms. The van der Waals surface area contributed by atoms with E-state index in [9.17, 15) is 4.79 Å². The third kappa shape index (κ3) is 6.59. The number of nitrogens with one attached hydrogen (secondary N) is 1. The van der Waals surface area contributed by atoms with Crippen molar-refractivity contribution in [3.8, 4) is 0 Å². The van der Waals surface area contributed by atoms with Crippen LogP contribution in [0.2, 0.25) is 0 Å². The molecule has 0 unspecified atom stereocenters. The van der Waals surface area contributed by atoms with E-state index in [1.165, 1.54) is 0 Å². The van der Waals surface area contributed by atoms with Crippen molar-refractivity contribution in [2.45, 2.75) is 20.3 Å². The van der Waals surface area contributed by atoms with Crippen LogP contribution in [0, 0.1) is 5.92 Å². The largest absolute Gasteiger partial charge is 0.478 e. The van der Waals surface area contributed by atoms with Crippen molar-refractivity contribution < 1.29 is 14.6 Å². The maximum absolute atomic E-state index is 10.9. The average Bonchev–Trinajstić information content (AvgIpc) is 2.32. The SMILES string of the molecule is CC(C)COCCCNc1cc(Br)cc(C(=O)O)c1. The molecule has 4 nitrogen and oxygen atoms in total. The molecule has 1 aromatic carbocycles. The number of carboxylic acids is 1. The fourth-order valence-electron chi connectivity index (χ4n) is 1.54. The summed E-state index contributed by atoms with van der Waals surface area (Å²) in [6.07, 6.45) is 0.891. The predicted octanol–water partition coefficient (Wildman–Crippen LogP) is 3.62. The molecule has 0 amide bonds. The van der Waals surface area contributed by atoms with E-state index in [1.54, 1.807) is 12.1 Å². The number of carboxylic acid groups (broad SMARTS) is 1. The topological polar surface area (TPSA) is 58.6 Å². The smallest absolute Gasteiger partial charge is 0.335 e. The van der Waals surface area contributed by atoms with Crippen LogP contribution in [0.15, 0.2) is 22.7 Å². The van der Waals surface area contributed by atoms with Crippen LogP contribution in [-0.2, 0) is 4.74 Å². The second-order valence-corrected chi connectivity index (χ2v) is 5.70. The van der Waals surface area contributed by atoms with Crippen molar-refractivity contribution in [3.63, 3.8) is 0 Å². The summed E-state index contributed by atoms with van der Waals surface area (Å²) in [5, 5.41) is 12.2. The number of benzene rings is 1. The molecule has 0 saturated carbocycles. The highest BCUT2D eigenvalue weighted by atomic mass is 79.9. The molecule has 0 radical (unpaired) electrons. The molecule has 0 aliphatic carbocycles. The fourth-order valence-corrected chi connectivity index (χ4v) is 2.03. The van der Waals surface area contributed by atoms with Gasteiger partial charge in [0.2, 0.25) is 0 Å². The Morgan fingerprint density at radius 2 is 2.16 bits per heavy atom. The van der Waals surface area contributed by atoms with Crippen LogP contribution in [0.1, 0.15) is 30.6 Å². The quantitative estimate of drug-likeness (QED) is 0.715. The summed E-state index contributed by atoms with van der Waals surface area (Å²) in [7, 11) is 0. The molecule has 0 heterocycles. The first kappa shape index (κ1) is 16.0. The van der Waals surface area contributed by atoms with Gasteiger partial charge in [0.1, 0.15) is 0 Å². The lowest BCUT2D eigenvalue weighted by atomic mass is 10.2. The third-order valence-corrected chi connectivity index (χ3v) is 2.85. The average molecular weight is 330 g/mol. The van der Waals surface area contributed by atoms with Crippen molar-refractivity contribution in [3.05, 3.63) is 28.2 Å². The van der Waals surface area contributed by atoms with E-state index in [4.69, 9.17) is 9.84 Å². The van der Waals surface area contributed by atoms with Crippen molar-refractivity contribution >= 4 is 27.6 Å². The van der Waals surface area contributed by atoms with Crippen LogP contribution in [-0.4, -0.2) is 30.8 Å².